The van der Waals surface area contributed by atoms with Gasteiger partial charge >= 0.3 is 5.97 Å². The van der Waals surface area contributed by atoms with Crippen LogP contribution in [0.25, 0.3) is 0 Å². The molecule has 3 heterocycles. The van der Waals surface area contributed by atoms with Gasteiger partial charge in [0, 0.05) is 12.2 Å². The van der Waals surface area contributed by atoms with E-state index in [9.17, 15) is 14.7 Å². The monoisotopic (exact) mass is 303 g/mol. The summed E-state index contributed by atoms with van der Waals surface area (Å²) in [5, 5.41) is 11.3. The smallest absolute Gasteiger partial charge is 0.312 e. The van der Waals surface area contributed by atoms with E-state index < -0.39 is 11.9 Å². The van der Waals surface area contributed by atoms with Crippen molar-refractivity contribution in [1.29, 1.82) is 0 Å². The number of carbonyl (C=O) groups is 2. The Bertz CT molecular complexity index is 726. The zero-order valence-electron chi connectivity index (χ0n) is 12.0. The molecule has 0 saturated heterocycles. The van der Waals surface area contributed by atoms with E-state index in [1.165, 1.54) is 11.3 Å². The molecule has 0 saturated carbocycles. The van der Waals surface area contributed by atoms with Crippen molar-refractivity contribution < 1.29 is 14.7 Å². The molecule has 1 unspecified atom stereocenters. The number of aromatic nitrogens is 1. The summed E-state index contributed by atoms with van der Waals surface area (Å²) in [7, 11) is 0. The van der Waals surface area contributed by atoms with Gasteiger partial charge < -0.3 is 9.67 Å². The lowest BCUT2D eigenvalue weighted by Gasteiger charge is -2.23. The molecule has 110 valence electrons. The van der Waals surface area contributed by atoms with Gasteiger partial charge in [0.25, 0.3) is 0 Å². The van der Waals surface area contributed by atoms with Crippen molar-refractivity contribution in [2.75, 3.05) is 0 Å². The topological polar surface area (TPSA) is 59.3 Å². The van der Waals surface area contributed by atoms with Crippen LogP contribution in [0.3, 0.4) is 0 Å². The molecule has 1 N–H and O–H groups in total. The highest BCUT2D eigenvalue weighted by atomic mass is 32.1. The number of rotatable bonds is 3. The van der Waals surface area contributed by atoms with E-state index in [0.717, 1.165) is 29.8 Å². The lowest BCUT2D eigenvalue weighted by Crippen LogP contribution is -2.23. The molecule has 4 nitrogen and oxygen atoms in total. The first-order valence-corrected chi connectivity index (χ1v) is 7.89. The number of fused-ring (bicyclic) bond motifs is 1. The Morgan fingerprint density at radius 1 is 1.33 bits per heavy atom. The number of aryl methyl sites for hydroxylation is 2. The van der Waals surface area contributed by atoms with Gasteiger partial charge in [-0.1, -0.05) is 0 Å². The van der Waals surface area contributed by atoms with Gasteiger partial charge in [-0.3, -0.25) is 9.59 Å². The molecule has 0 aromatic carbocycles. The van der Waals surface area contributed by atoms with Crippen molar-refractivity contribution in [3.8, 4) is 0 Å². The first kappa shape index (κ1) is 14.1. The predicted molar refractivity (Wildman–Crippen MR) is 81.3 cm³/mol. The molecule has 0 bridgehead atoms. The van der Waals surface area contributed by atoms with Gasteiger partial charge in [-0.05, 0) is 55.3 Å². The van der Waals surface area contributed by atoms with Crippen LogP contribution in [-0.2, 0) is 11.3 Å². The summed E-state index contributed by atoms with van der Waals surface area (Å²) in [6, 6.07) is 3.76. The number of carboxylic acids is 1. The maximum atomic E-state index is 12.7. The van der Waals surface area contributed by atoms with E-state index in [0.29, 0.717) is 17.0 Å². The highest BCUT2D eigenvalue weighted by Gasteiger charge is 2.31. The van der Waals surface area contributed by atoms with Crippen LogP contribution in [0.2, 0.25) is 0 Å². The van der Waals surface area contributed by atoms with Crippen molar-refractivity contribution in [2.24, 2.45) is 0 Å². The fourth-order valence-corrected chi connectivity index (χ4v) is 3.90. The maximum Gasteiger partial charge on any atom is 0.312 e. The molecule has 2 aromatic heterocycles. The van der Waals surface area contributed by atoms with Gasteiger partial charge in [-0.2, -0.15) is 0 Å². The van der Waals surface area contributed by atoms with Crippen molar-refractivity contribution in [2.45, 2.75) is 39.2 Å². The Morgan fingerprint density at radius 3 is 2.71 bits per heavy atom. The zero-order valence-corrected chi connectivity index (χ0v) is 12.9. The average Bonchev–Trinajstić information content (AvgIpc) is 3.00. The first-order valence-electron chi connectivity index (χ1n) is 7.01. The second-order valence-corrected chi connectivity index (χ2v) is 6.51. The largest absolute Gasteiger partial charge is 0.481 e. The van der Waals surface area contributed by atoms with E-state index in [-0.39, 0.29) is 5.78 Å². The Kier molecular flexibility index (Phi) is 3.45. The molecular formula is C16H17NO3S. The number of thiophene rings is 1. The number of carbonyl (C=O) groups excluding carboxylic acids is 1. The summed E-state index contributed by atoms with van der Waals surface area (Å²) in [6.07, 6.45) is 1.44. The normalized spacial score (nSPS) is 17.5. The van der Waals surface area contributed by atoms with E-state index in [2.05, 4.69) is 0 Å². The van der Waals surface area contributed by atoms with Crippen LogP contribution in [0.4, 0.5) is 0 Å². The minimum Gasteiger partial charge on any atom is -0.481 e. The second kappa shape index (κ2) is 5.15. The number of aliphatic carboxylic acids is 1. The third-order valence-corrected chi connectivity index (χ3v) is 5.07. The fraction of sp³-hybridized carbons (Fsp3) is 0.375. The Balaban J connectivity index is 2.08. The molecule has 2 aromatic rings. The van der Waals surface area contributed by atoms with Crippen LogP contribution in [0.1, 0.15) is 50.9 Å². The summed E-state index contributed by atoms with van der Waals surface area (Å²) in [4.78, 5) is 24.8. The van der Waals surface area contributed by atoms with Crippen LogP contribution in [0.5, 0.6) is 0 Å². The van der Waals surface area contributed by atoms with E-state index in [4.69, 9.17) is 0 Å². The molecule has 1 atom stereocenters. The molecule has 5 heteroatoms. The predicted octanol–water partition coefficient (Wildman–Crippen LogP) is 3.36. The highest BCUT2D eigenvalue weighted by molar-refractivity contribution is 7.12. The van der Waals surface area contributed by atoms with Crippen molar-refractivity contribution in [3.05, 3.63) is 44.9 Å². The van der Waals surface area contributed by atoms with Gasteiger partial charge in [0.15, 0.2) is 0 Å². The molecule has 1 aliphatic heterocycles. The van der Waals surface area contributed by atoms with Crippen molar-refractivity contribution >= 4 is 23.1 Å². The summed E-state index contributed by atoms with van der Waals surface area (Å²) in [6.45, 7) is 4.57. The standard InChI is InChI=1S/C16H17NO3S/c1-9-6-13(21-8-9)15(18)14-10(2)7-12-11(16(19)20)4-3-5-17(12)14/h6-8,11H,3-5H2,1-2H3,(H,19,20). The van der Waals surface area contributed by atoms with Crippen LogP contribution in [-0.4, -0.2) is 21.4 Å². The van der Waals surface area contributed by atoms with Crippen molar-refractivity contribution in [3.63, 3.8) is 0 Å². The number of carboxylic acid groups (broad SMARTS) is 1. The summed E-state index contributed by atoms with van der Waals surface area (Å²) in [5.74, 6) is -1.30. The summed E-state index contributed by atoms with van der Waals surface area (Å²) < 4.78 is 1.91. The molecule has 0 radical (unpaired) electrons. The molecular weight excluding hydrogens is 286 g/mol. The van der Waals surface area contributed by atoms with Crippen LogP contribution in [0.15, 0.2) is 17.5 Å². The molecule has 0 fully saturated rings. The molecule has 0 aliphatic carbocycles. The van der Waals surface area contributed by atoms with Crippen LogP contribution < -0.4 is 0 Å². The Labute approximate surface area is 127 Å². The molecule has 21 heavy (non-hydrogen) atoms. The number of hydrogen-bond donors (Lipinski definition) is 1. The van der Waals surface area contributed by atoms with Crippen LogP contribution in [0, 0.1) is 13.8 Å². The average molecular weight is 303 g/mol. The lowest BCUT2D eigenvalue weighted by atomic mass is 9.96. The number of nitrogens with zero attached hydrogens (tertiary/aromatic N) is 1. The third kappa shape index (κ3) is 2.31. The Hall–Kier alpha value is -1.88. The van der Waals surface area contributed by atoms with Crippen molar-refractivity contribution in [1.82, 2.24) is 4.57 Å². The maximum absolute atomic E-state index is 12.7. The molecule has 0 amide bonds. The van der Waals surface area contributed by atoms with Gasteiger partial charge in [0.2, 0.25) is 5.78 Å². The van der Waals surface area contributed by atoms with Gasteiger partial charge in [0.1, 0.15) is 0 Å². The van der Waals surface area contributed by atoms with E-state index >= 15 is 0 Å². The minimum atomic E-state index is -0.806. The molecule has 0 spiro atoms. The molecule has 3 rings (SSSR count). The van der Waals surface area contributed by atoms with Gasteiger partial charge in [-0.15, -0.1) is 11.3 Å². The van der Waals surface area contributed by atoms with E-state index in [1.807, 2.05) is 35.9 Å². The quantitative estimate of drug-likeness (QED) is 0.885. The fourth-order valence-electron chi connectivity index (χ4n) is 3.06. The number of ketones is 1. The highest BCUT2D eigenvalue weighted by Crippen LogP contribution is 2.33. The van der Waals surface area contributed by atoms with E-state index in [1.54, 1.807) is 0 Å². The summed E-state index contributed by atoms with van der Waals surface area (Å²) >= 11 is 1.44. The van der Waals surface area contributed by atoms with Crippen LogP contribution >= 0.6 is 11.3 Å². The Morgan fingerprint density at radius 2 is 2.10 bits per heavy atom. The zero-order chi connectivity index (χ0) is 15.1. The first-order chi connectivity index (χ1) is 9.99. The third-order valence-electron chi connectivity index (χ3n) is 4.02. The van der Waals surface area contributed by atoms with Gasteiger partial charge in [-0.25, -0.2) is 0 Å². The minimum absolute atomic E-state index is 0.00267. The molecule has 1 aliphatic rings. The number of hydrogen-bond acceptors (Lipinski definition) is 3. The summed E-state index contributed by atoms with van der Waals surface area (Å²) in [5.41, 5.74) is 3.37. The van der Waals surface area contributed by atoms with Gasteiger partial charge in [0.05, 0.1) is 16.5 Å². The lowest BCUT2D eigenvalue weighted by molar-refractivity contribution is -0.139. The second-order valence-electron chi connectivity index (χ2n) is 5.60. The SMILES string of the molecule is Cc1csc(C(=O)c2c(C)cc3n2CCCC3C(=O)O)c1.